The highest BCUT2D eigenvalue weighted by atomic mass is 19.4. The maximum atomic E-state index is 15.3. The van der Waals surface area contributed by atoms with E-state index < -0.39 is 208 Å². The molecule has 0 rings (SSSR count). The number of ether oxygens (including phenoxy) is 7. The first-order chi connectivity index (χ1) is 32.4. The van der Waals surface area contributed by atoms with Crippen LogP contribution in [0.2, 0.25) is 0 Å². The van der Waals surface area contributed by atoms with Gasteiger partial charge >= 0.3 is 78.8 Å². The van der Waals surface area contributed by atoms with Crippen LogP contribution in [0.5, 0.6) is 0 Å². The van der Waals surface area contributed by atoms with E-state index in [2.05, 4.69) is 28.4 Å². The Morgan fingerprint density at radius 2 is 0.514 bits per heavy atom. The van der Waals surface area contributed by atoms with Gasteiger partial charge in [0.2, 0.25) is 17.1 Å². The summed E-state index contributed by atoms with van der Waals surface area (Å²) in [5.41, 5.74) is -24.2. The highest BCUT2D eigenvalue weighted by molar-refractivity contribution is 5.88. The molecular formula is C34H22F26O12. The topological polar surface area (TPSA) is 150 Å². The van der Waals surface area contributed by atoms with E-state index in [1.54, 1.807) is 0 Å². The van der Waals surface area contributed by atoms with Crippen LogP contribution in [0, 0.1) is 10.8 Å². The van der Waals surface area contributed by atoms with Gasteiger partial charge in [-0.2, -0.15) is 105 Å². The lowest BCUT2D eigenvalue weighted by Crippen LogP contribution is -2.54. The van der Waals surface area contributed by atoms with Crippen molar-refractivity contribution in [3.63, 3.8) is 0 Å². The van der Waals surface area contributed by atoms with Crippen LogP contribution < -0.4 is 0 Å². The molecule has 0 fully saturated rings. The van der Waals surface area contributed by atoms with Gasteiger partial charge in [-0.25, -0.2) is 32.8 Å². The Kier molecular flexibility index (Phi) is 23.2. The van der Waals surface area contributed by atoms with Crippen LogP contribution in [-0.2, 0) is 57.1 Å². The lowest BCUT2D eigenvalue weighted by atomic mass is 9.82. The van der Waals surface area contributed by atoms with Crippen LogP contribution in [0.25, 0.3) is 0 Å². The standard InChI is InChI=1S/C34H22F26O12/c1-28(50,33(55,56)57)16(29(2,51)34(58,59)60)17(32(52,53)54)67-5-30(6-68-23(61)11(35)18(40)41,7-69-24(62)12(36)19(42)43)3-66-4-31(8-70-25(63)13(37)20(44)45,9-71-26(64)14(38)21(46)47)10-72-27(65)15(39)22(48)49/h3-10H2,1-2H3. The molecule has 0 saturated carbocycles. The van der Waals surface area contributed by atoms with Crippen molar-refractivity contribution in [1.82, 2.24) is 0 Å². The van der Waals surface area contributed by atoms with Crippen molar-refractivity contribution in [2.45, 2.75) is 43.7 Å². The Morgan fingerprint density at radius 3 is 0.681 bits per heavy atom. The van der Waals surface area contributed by atoms with Gasteiger partial charge < -0.3 is 33.2 Å². The predicted octanol–water partition coefficient (Wildman–Crippen LogP) is 10.5. The molecule has 0 radical (unpaired) electrons. The van der Waals surface area contributed by atoms with E-state index >= 15 is 8.78 Å². The van der Waals surface area contributed by atoms with Crippen molar-refractivity contribution < 1.29 is 171 Å². The average Bonchev–Trinajstić information content (AvgIpc) is 3.25. The normalized spacial score (nSPS) is 13.7. The molecule has 0 aromatic carbocycles. The summed E-state index contributed by atoms with van der Waals surface area (Å²) < 4.78 is 382. The van der Waals surface area contributed by atoms with Gasteiger partial charge in [0.05, 0.1) is 29.6 Å². The minimum Gasteiger partial charge on any atom is -0.488 e. The number of halogens is 26. The van der Waals surface area contributed by atoms with Crippen molar-refractivity contribution in [2.24, 2.45) is 10.8 Å². The third-order valence-electron chi connectivity index (χ3n) is 8.10. The molecule has 0 aliphatic rings. The Labute approximate surface area is 380 Å². The zero-order chi connectivity index (χ0) is 56.9. The summed E-state index contributed by atoms with van der Waals surface area (Å²) in [6.07, 6.45) is -39.4. The molecule has 0 saturated heterocycles. The fraction of sp³-hybridized carbons (Fsp3) is 0.500. The highest BCUT2D eigenvalue weighted by Gasteiger charge is 2.70. The van der Waals surface area contributed by atoms with Crippen molar-refractivity contribution in [2.75, 3.05) is 52.9 Å². The van der Waals surface area contributed by atoms with Crippen molar-refractivity contribution in [1.29, 1.82) is 0 Å². The van der Waals surface area contributed by atoms with E-state index in [9.17, 15) is 129 Å². The van der Waals surface area contributed by atoms with Crippen LogP contribution in [-0.4, -0.2) is 113 Å². The number of hydrogen-bond donors (Lipinski definition) is 0. The first-order valence-electron chi connectivity index (χ1n) is 17.3. The number of alkyl halides is 11. The Hall–Kier alpha value is -6.27. The zero-order valence-electron chi connectivity index (χ0n) is 34.4. The molecule has 2 unspecified atom stereocenters. The highest BCUT2D eigenvalue weighted by Crippen LogP contribution is 2.54. The Balaban J connectivity index is 8.69. The molecule has 0 heterocycles. The van der Waals surface area contributed by atoms with E-state index in [1.165, 1.54) is 0 Å². The molecule has 0 bridgehead atoms. The zero-order valence-corrected chi connectivity index (χ0v) is 34.4. The van der Waals surface area contributed by atoms with E-state index in [0.29, 0.717) is 0 Å². The minimum absolute atomic E-state index is 1.20. The molecule has 412 valence electrons. The second kappa shape index (κ2) is 25.4. The summed E-state index contributed by atoms with van der Waals surface area (Å²) in [5.74, 6) is -35.6. The first-order valence-corrected chi connectivity index (χ1v) is 17.3. The summed E-state index contributed by atoms with van der Waals surface area (Å²) in [6.45, 7) is -22.2. The molecule has 0 amide bonds. The number of carbonyl (C=O) groups excluding carboxylic acids is 5. The summed E-state index contributed by atoms with van der Waals surface area (Å²) in [6, 6.07) is 0. The number of esters is 5. The predicted molar refractivity (Wildman–Crippen MR) is 172 cm³/mol. The van der Waals surface area contributed by atoms with Crippen LogP contribution >= 0.6 is 0 Å². The largest absolute Gasteiger partial charge is 0.488 e. The van der Waals surface area contributed by atoms with Gasteiger partial charge in [0.15, 0.2) is 0 Å². The van der Waals surface area contributed by atoms with Gasteiger partial charge in [-0.15, -0.1) is 0 Å². The smallest absolute Gasteiger partial charge is 0.449 e. The number of rotatable bonds is 24. The van der Waals surface area contributed by atoms with Crippen molar-refractivity contribution >= 4 is 29.8 Å². The molecule has 0 aliphatic carbocycles. The summed E-state index contributed by atoms with van der Waals surface area (Å²) in [7, 11) is 0. The number of allylic oxidation sites excluding steroid dienone is 2. The summed E-state index contributed by atoms with van der Waals surface area (Å²) in [5, 5.41) is 0. The van der Waals surface area contributed by atoms with Gasteiger partial charge in [-0.05, 0) is 13.8 Å². The molecule has 2 atom stereocenters. The average molecular weight is 1120 g/mol. The van der Waals surface area contributed by atoms with E-state index in [-0.39, 0.29) is 0 Å². The molecular weight excluding hydrogens is 1090 g/mol. The van der Waals surface area contributed by atoms with Crippen molar-refractivity contribution in [3.05, 3.63) is 70.9 Å². The fourth-order valence-corrected chi connectivity index (χ4v) is 4.45. The number of carbonyl (C=O) groups is 5. The third kappa shape index (κ3) is 18.1. The maximum Gasteiger partial charge on any atom is 0.449 e. The van der Waals surface area contributed by atoms with Gasteiger partial charge in [-0.3, -0.25) is 0 Å². The molecule has 38 heteroatoms. The van der Waals surface area contributed by atoms with Crippen LogP contribution in [0.15, 0.2) is 70.9 Å². The van der Waals surface area contributed by atoms with E-state index in [1.807, 2.05) is 0 Å². The Morgan fingerprint density at radius 1 is 0.319 bits per heavy atom. The molecule has 12 nitrogen and oxygen atoms in total. The Bertz CT molecular complexity index is 2030. The lowest BCUT2D eigenvalue weighted by molar-refractivity contribution is -0.249. The lowest BCUT2D eigenvalue weighted by Gasteiger charge is -2.38. The molecule has 0 aromatic rings. The second-order valence-electron chi connectivity index (χ2n) is 13.7. The quantitative estimate of drug-likeness (QED) is 0.0298. The molecule has 0 aliphatic heterocycles. The molecule has 72 heavy (non-hydrogen) atoms. The monoisotopic (exact) mass is 1120 g/mol. The number of hydrogen-bond acceptors (Lipinski definition) is 12. The van der Waals surface area contributed by atoms with Crippen LogP contribution in [0.4, 0.5) is 114 Å². The fourth-order valence-electron chi connectivity index (χ4n) is 4.45. The van der Waals surface area contributed by atoms with Gasteiger partial charge in [0.25, 0.3) is 29.1 Å². The summed E-state index contributed by atoms with van der Waals surface area (Å²) in [4.78, 5) is 59.7. The maximum absolute atomic E-state index is 15.3. The van der Waals surface area contributed by atoms with Crippen molar-refractivity contribution in [3.8, 4) is 0 Å². The second-order valence-corrected chi connectivity index (χ2v) is 13.7. The van der Waals surface area contributed by atoms with E-state index in [0.717, 1.165) is 0 Å². The third-order valence-corrected chi connectivity index (χ3v) is 8.10. The minimum atomic E-state index is -7.12. The van der Waals surface area contributed by atoms with Crippen LogP contribution in [0.3, 0.4) is 0 Å². The molecule has 0 spiro atoms. The van der Waals surface area contributed by atoms with Gasteiger partial charge in [0.1, 0.15) is 39.6 Å². The molecule has 0 N–H and O–H groups in total. The summed E-state index contributed by atoms with van der Waals surface area (Å²) >= 11 is 0. The van der Waals surface area contributed by atoms with E-state index in [4.69, 9.17) is 4.74 Å². The molecule has 0 aromatic heterocycles. The first kappa shape index (κ1) is 65.7. The van der Waals surface area contributed by atoms with Crippen LogP contribution in [0.1, 0.15) is 13.8 Å². The SMILES string of the molecule is CC(F)(C(=C(OCC(COCC(COC(=O)C(F)=C(F)F)(COC(=O)C(F)=C(F)F)COC(=O)C(F)=C(F)F)(COC(=O)C(F)=C(F)F)COC(=O)C(F)=C(F)F)C(F)(F)F)C(C)(F)C(F)(F)F)C(F)(F)F. The van der Waals surface area contributed by atoms with Gasteiger partial charge in [-0.1, -0.05) is 0 Å². The van der Waals surface area contributed by atoms with Gasteiger partial charge in [0, 0.05) is 0 Å².